The van der Waals surface area contributed by atoms with Crippen LogP contribution in [0.3, 0.4) is 0 Å². The molecule has 0 saturated carbocycles. The van der Waals surface area contributed by atoms with E-state index in [4.69, 9.17) is 11.6 Å². The van der Waals surface area contributed by atoms with Crippen molar-refractivity contribution in [1.29, 1.82) is 0 Å². The second-order valence-corrected chi connectivity index (χ2v) is 2.56. The van der Waals surface area contributed by atoms with Crippen LogP contribution in [0.25, 0.3) is 0 Å². The monoisotopic (exact) mass is 152 g/mol. The molecule has 0 saturated heterocycles. The Hall–Kier alpha value is -0.890. The summed E-state index contributed by atoms with van der Waals surface area (Å²) in [4.78, 5) is 0. The summed E-state index contributed by atoms with van der Waals surface area (Å²) >= 11 is 5.74. The van der Waals surface area contributed by atoms with Crippen LogP contribution >= 0.6 is 11.6 Å². The Labute approximate surface area is 63.6 Å². The van der Waals surface area contributed by atoms with Crippen LogP contribution in [0.5, 0.6) is 0 Å². The first-order chi connectivity index (χ1) is 4.88. The summed E-state index contributed by atoms with van der Waals surface area (Å²) < 4.78 is 0. The van der Waals surface area contributed by atoms with Gasteiger partial charge in [-0.2, -0.15) is 5.10 Å². The zero-order valence-corrected chi connectivity index (χ0v) is 5.92. The number of rotatable bonds is 0. The molecular weight excluding hydrogens is 148 g/mol. The van der Waals surface area contributed by atoms with Crippen molar-refractivity contribution in [2.24, 2.45) is 16.1 Å². The SMILES string of the molecule is ClC1=NN=C2C=CC=C[C@@H]12. The Balaban J connectivity index is 2.39. The summed E-state index contributed by atoms with van der Waals surface area (Å²) in [5, 5.41) is 8.19. The molecule has 0 unspecified atom stereocenters. The minimum atomic E-state index is 0.131. The van der Waals surface area contributed by atoms with Crippen LogP contribution in [0.15, 0.2) is 34.5 Å². The van der Waals surface area contributed by atoms with Crippen LogP contribution in [-0.2, 0) is 0 Å². The van der Waals surface area contributed by atoms with Gasteiger partial charge in [-0.3, -0.25) is 0 Å². The molecule has 0 spiro atoms. The van der Waals surface area contributed by atoms with Gasteiger partial charge in [-0.15, -0.1) is 5.10 Å². The van der Waals surface area contributed by atoms with Gasteiger partial charge in [-0.05, 0) is 6.08 Å². The molecular formula is C7H5ClN2. The van der Waals surface area contributed by atoms with E-state index in [1.807, 2.05) is 24.3 Å². The highest BCUT2D eigenvalue weighted by molar-refractivity contribution is 6.68. The Morgan fingerprint density at radius 3 is 3.00 bits per heavy atom. The van der Waals surface area contributed by atoms with Crippen molar-refractivity contribution in [3.63, 3.8) is 0 Å². The molecule has 2 nitrogen and oxygen atoms in total. The first-order valence-corrected chi connectivity index (χ1v) is 3.41. The second kappa shape index (κ2) is 2.06. The zero-order valence-electron chi connectivity index (χ0n) is 5.16. The molecule has 3 heteroatoms. The maximum Gasteiger partial charge on any atom is 0.141 e. The van der Waals surface area contributed by atoms with E-state index < -0.39 is 0 Å². The average molecular weight is 153 g/mol. The molecule has 1 aliphatic carbocycles. The quantitative estimate of drug-likeness (QED) is 0.505. The lowest BCUT2D eigenvalue weighted by atomic mass is 10.0. The Morgan fingerprint density at radius 2 is 2.20 bits per heavy atom. The van der Waals surface area contributed by atoms with Gasteiger partial charge in [0.1, 0.15) is 5.17 Å². The third-order valence-electron chi connectivity index (χ3n) is 1.52. The van der Waals surface area contributed by atoms with Crippen molar-refractivity contribution in [3.8, 4) is 0 Å². The normalized spacial score (nSPS) is 27.9. The van der Waals surface area contributed by atoms with Crippen molar-refractivity contribution >= 4 is 22.5 Å². The molecule has 0 aromatic heterocycles. The van der Waals surface area contributed by atoms with Gasteiger partial charge < -0.3 is 0 Å². The molecule has 1 heterocycles. The van der Waals surface area contributed by atoms with Gasteiger partial charge in [0.05, 0.1) is 11.6 Å². The van der Waals surface area contributed by atoms with Gasteiger partial charge >= 0.3 is 0 Å². The smallest absolute Gasteiger partial charge is 0.141 e. The molecule has 0 aromatic carbocycles. The Bertz CT molecular complexity index is 273. The van der Waals surface area contributed by atoms with Crippen LogP contribution in [0.1, 0.15) is 0 Å². The number of allylic oxidation sites excluding steroid dienone is 4. The van der Waals surface area contributed by atoms with Gasteiger partial charge in [0.15, 0.2) is 0 Å². The third-order valence-corrected chi connectivity index (χ3v) is 1.83. The predicted octanol–water partition coefficient (Wildman–Crippen LogP) is 1.74. The summed E-state index contributed by atoms with van der Waals surface area (Å²) in [7, 11) is 0. The van der Waals surface area contributed by atoms with Crippen LogP contribution in [0.2, 0.25) is 0 Å². The standard InChI is InChI=1S/C7H5ClN2/c8-7-5-3-1-2-4-6(5)9-10-7/h1-5H/t5-/m1/s1. The van der Waals surface area contributed by atoms with Crippen molar-refractivity contribution in [3.05, 3.63) is 24.3 Å². The molecule has 0 N–H and O–H groups in total. The van der Waals surface area contributed by atoms with Crippen LogP contribution in [-0.4, -0.2) is 10.9 Å². The molecule has 10 heavy (non-hydrogen) atoms. The van der Waals surface area contributed by atoms with E-state index in [-0.39, 0.29) is 5.92 Å². The van der Waals surface area contributed by atoms with Crippen LogP contribution in [0, 0.1) is 5.92 Å². The topological polar surface area (TPSA) is 24.7 Å². The highest BCUT2D eigenvalue weighted by Crippen LogP contribution is 2.19. The Morgan fingerprint density at radius 1 is 1.30 bits per heavy atom. The summed E-state index contributed by atoms with van der Waals surface area (Å²) in [6.07, 6.45) is 7.79. The highest BCUT2D eigenvalue weighted by atomic mass is 35.5. The van der Waals surface area contributed by atoms with E-state index in [2.05, 4.69) is 10.2 Å². The minimum absolute atomic E-state index is 0.131. The molecule has 50 valence electrons. The lowest BCUT2D eigenvalue weighted by Gasteiger charge is -2.04. The molecule has 0 amide bonds. The summed E-state index contributed by atoms with van der Waals surface area (Å²) in [5.41, 5.74) is 0.938. The summed E-state index contributed by atoms with van der Waals surface area (Å²) in [6.45, 7) is 0. The highest BCUT2D eigenvalue weighted by Gasteiger charge is 2.22. The first-order valence-electron chi connectivity index (χ1n) is 3.04. The fraction of sp³-hybridized carbons (Fsp3) is 0.143. The van der Waals surface area contributed by atoms with Crippen LogP contribution < -0.4 is 0 Å². The number of halogens is 1. The molecule has 0 aromatic rings. The summed E-state index contributed by atoms with van der Waals surface area (Å²) in [6, 6.07) is 0. The maximum atomic E-state index is 5.74. The molecule has 0 fully saturated rings. The largest absolute Gasteiger partial charge is 0.153 e. The van der Waals surface area contributed by atoms with E-state index in [1.165, 1.54) is 0 Å². The number of nitrogens with zero attached hydrogens (tertiary/aromatic N) is 2. The fourth-order valence-corrected chi connectivity index (χ4v) is 1.22. The van der Waals surface area contributed by atoms with E-state index in [1.54, 1.807) is 0 Å². The minimum Gasteiger partial charge on any atom is -0.153 e. The molecule has 1 aliphatic heterocycles. The van der Waals surface area contributed by atoms with Crippen molar-refractivity contribution in [2.75, 3.05) is 0 Å². The Kier molecular flexibility index (Phi) is 1.21. The molecule has 1 atom stereocenters. The maximum absolute atomic E-state index is 5.74. The number of fused-ring (bicyclic) bond motifs is 1. The van der Waals surface area contributed by atoms with Crippen molar-refractivity contribution in [1.82, 2.24) is 0 Å². The van der Waals surface area contributed by atoms with Crippen molar-refractivity contribution < 1.29 is 0 Å². The van der Waals surface area contributed by atoms with Crippen molar-refractivity contribution in [2.45, 2.75) is 0 Å². The third kappa shape index (κ3) is 0.727. The van der Waals surface area contributed by atoms with Gasteiger partial charge in [0.25, 0.3) is 0 Å². The molecule has 2 rings (SSSR count). The van der Waals surface area contributed by atoms with Gasteiger partial charge in [0, 0.05) is 0 Å². The van der Waals surface area contributed by atoms with Crippen LogP contribution in [0.4, 0.5) is 0 Å². The van der Waals surface area contributed by atoms with E-state index >= 15 is 0 Å². The van der Waals surface area contributed by atoms with Gasteiger partial charge in [0.2, 0.25) is 0 Å². The average Bonchev–Trinajstić information content (AvgIpc) is 2.34. The van der Waals surface area contributed by atoms with E-state index in [9.17, 15) is 0 Å². The fourth-order valence-electron chi connectivity index (χ4n) is 0.996. The number of hydrogen-bond donors (Lipinski definition) is 0. The summed E-state index contributed by atoms with van der Waals surface area (Å²) in [5.74, 6) is 0.131. The van der Waals surface area contributed by atoms with Gasteiger partial charge in [-0.1, -0.05) is 29.8 Å². The van der Waals surface area contributed by atoms with Gasteiger partial charge in [-0.25, -0.2) is 0 Å². The lowest BCUT2D eigenvalue weighted by Crippen LogP contribution is -2.13. The predicted molar refractivity (Wildman–Crippen MR) is 42.5 cm³/mol. The second-order valence-electron chi connectivity index (χ2n) is 2.17. The molecule has 2 aliphatic rings. The lowest BCUT2D eigenvalue weighted by molar-refractivity contribution is 1.26. The first kappa shape index (κ1) is 5.86. The number of hydrogen-bond acceptors (Lipinski definition) is 2. The molecule has 0 bridgehead atoms. The molecule has 0 radical (unpaired) electrons. The zero-order chi connectivity index (χ0) is 6.97. The van der Waals surface area contributed by atoms with E-state index in [0.717, 1.165) is 5.71 Å². The van der Waals surface area contributed by atoms with E-state index in [0.29, 0.717) is 5.17 Å².